The van der Waals surface area contributed by atoms with Gasteiger partial charge in [0.15, 0.2) is 0 Å². The van der Waals surface area contributed by atoms with Gasteiger partial charge in [0.1, 0.15) is 0 Å². The number of carbonyl (C=O) groups excluding carboxylic acids is 2. The Morgan fingerprint density at radius 1 is 1.12 bits per heavy atom. The van der Waals surface area contributed by atoms with Crippen molar-refractivity contribution in [1.82, 2.24) is 9.80 Å². The van der Waals surface area contributed by atoms with Crippen LogP contribution in [0.3, 0.4) is 0 Å². The number of nitrogens with zero attached hydrogens (tertiary/aromatic N) is 2. The molecule has 142 valence electrons. The van der Waals surface area contributed by atoms with Crippen LogP contribution in [0.5, 0.6) is 0 Å². The maximum absolute atomic E-state index is 12.6. The molecule has 2 saturated heterocycles. The van der Waals surface area contributed by atoms with Gasteiger partial charge in [0.05, 0.1) is 12.7 Å². The zero-order valence-electron chi connectivity index (χ0n) is 15.6. The van der Waals surface area contributed by atoms with E-state index in [2.05, 4.69) is 24.3 Å². The molecule has 1 aromatic rings. The van der Waals surface area contributed by atoms with Gasteiger partial charge in [-0.2, -0.15) is 0 Å². The largest absolute Gasteiger partial charge is 0.375 e. The summed E-state index contributed by atoms with van der Waals surface area (Å²) >= 11 is 0. The lowest BCUT2D eigenvalue weighted by Crippen LogP contribution is -2.46. The number of amides is 2. The molecule has 3 rings (SSSR count). The van der Waals surface area contributed by atoms with Crippen molar-refractivity contribution in [2.45, 2.75) is 51.0 Å². The van der Waals surface area contributed by atoms with Crippen molar-refractivity contribution in [3.8, 4) is 0 Å². The van der Waals surface area contributed by atoms with E-state index in [0.717, 1.165) is 38.6 Å². The highest BCUT2D eigenvalue weighted by Gasteiger charge is 2.25. The summed E-state index contributed by atoms with van der Waals surface area (Å²) in [6, 6.07) is 10.4. The minimum atomic E-state index is 0.104. The lowest BCUT2D eigenvalue weighted by Gasteiger charge is -2.33. The van der Waals surface area contributed by atoms with Gasteiger partial charge >= 0.3 is 0 Å². The first-order valence-electron chi connectivity index (χ1n) is 9.93. The Labute approximate surface area is 156 Å². The zero-order chi connectivity index (χ0) is 18.2. The van der Waals surface area contributed by atoms with Crippen LogP contribution in [0.25, 0.3) is 0 Å². The van der Waals surface area contributed by atoms with Crippen molar-refractivity contribution in [2.24, 2.45) is 0 Å². The number of morpholine rings is 1. The van der Waals surface area contributed by atoms with E-state index in [1.807, 2.05) is 15.9 Å². The number of hydrogen-bond acceptors (Lipinski definition) is 3. The van der Waals surface area contributed by atoms with E-state index in [-0.39, 0.29) is 17.9 Å². The molecule has 2 aliphatic heterocycles. The van der Waals surface area contributed by atoms with Crippen molar-refractivity contribution in [3.63, 3.8) is 0 Å². The zero-order valence-corrected chi connectivity index (χ0v) is 15.6. The van der Waals surface area contributed by atoms with Gasteiger partial charge in [0.2, 0.25) is 11.8 Å². The molecule has 0 unspecified atom stereocenters. The van der Waals surface area contributed by atoms with Crippen LogP contribution in [0.1, 0.15) is 44.1 Å². The van der Waals surface area contributed by atoms with Crippen LogP contribution in [0, 0.1) is 0 Å². The lowest BCUT2D eigenvalue weighted by atomic mass is 10.1. The van der Waals surface area contributed by atoms with Crippen LogP contribution >= 0.6 is 0 Å². The smallest absolute Gasteiger partial charge is 0.224 e. The van der Waals surface area contributed by atoms with Crippen molar-refractivity contribution >= 4 is 11.8 Å². The van der Waals surface area contributed by atoms with E-state index in [9.17, 15) is 9.59 Å². The number of benzene rings is 1. The summed E-state index contributed by atoms with van der Waals surface area (Å²) in [5, 5.41) is 0. The van der Waals surface area contributed by atoms with Crippen LogP contribution in [0.4, 0.5) is 0 Å². The third-order valence-electron chi connectivity index (χ3n) is 5.36. The molecule has 0 radical (unpaired) electrons. The number of rotatable bonds is 6. The van der Waals surface area contributed by atoms with Crippen LogP contribution in [-0.2, 0) is 20.7 Å². The van der Waals surface area contributed by atoms with Gasteiger partial charge in [-0.25, -0.2) is 0 Å². The molecule has 5 heteroatoms. The number of carbonyl (C=O) groups is 2. The van der Waals surface area contributed by atoms with Crippen LogP contribution in [-0.4, -0.2) is 60.5 Å². The van der Waals surface area contributed by atoms with Gasteiger partial charge in [-0.3, -0.25) is 9.59 Å². The summed E-state index contributed by atoms with van der Waals surface area (Å²) < 4.78 is 5.85. The fourth-order valence-electron chi connectivity index (χ4n) is 3.76. The van der Waals surface area contributed by atoms with Crippen LogP contribution in [0.15, 0.2) is 30.3 Å². The maximum atomic E-state index is 12.6. The number of ether oxygens (including phenoxy) is 1. The standard InChI is InChI=1S/C21H30N2O3/c24-20-9-5-2-6-13-22(20)14-12-21(25)23-15-16-26-19(17-23)11-10-18-7-3-1-4-8-18/h1,3-4,7-8,19H,2,5-6,9-17H2/t19-/m1/s1. The normalized spacial score (nSPS) is 21.5. The average molecular weight is 358 g/mol. The summed E-state index contributed by atoms with van der Waals surface area (Å²) in [7, 11) is 0. The van der Waals surface area contributed by atoms with Crippen molar-refractivity contribution < 1.29 is 14.3 Å². The van der Waals surface area contributed by atoms with Gasteiger partial charge in [-0.1, -0.05) is 36.8 Å². The molecule has 1 aromatic carbocycles. The molecule has 2 aliphatic rings. The van der Waals surface area contributed by atoms with Crippen molar-refractivity contribution in [2.75, 3.05) is 32.8 Å². The van der Waals surface area contributed by atoms with E-state index >= 15 is 0 Å². The first-order valence-corrected chi connectivity index (χ1v) is 9.93. The maximum Gasteiger partial charge on any atom is 0.224 e. The Balaban J connectivity index is 1.43. The summed E-state index contributed by atoms with van der Waals surface area (Å²) in [6.07, 6.45) is 6.21. The third-order valence-corrected chi connectivity index (χ3v) is 5.36. The van der Waals surface area contributed by atoms with E-state index in [1.54, 1.807) is 0 Å². The van der Waals surface area contributed by atoms with Gasteiger partial charge in [-0.15, -0.1) is 0 Å². The third kappa shape index (κ3) is 5.56. The quantitative estimate of drug-likeness (QED) is 0.785. The molecule has 0 aliphatic carbocycles. The fraction of sp³-hybridized carbons (Fsp3) is 0.619. The summed E-state index contributed by atoms with van der Waals surface area (Å²) in [4.78, 5) is 28.4. The Bertz CT molecular complexity index is 590. The first-order chi connectivity index (χ1) is 12.7. The molecule has 0 N–H and O–H groups in total. The van der Waals surface area contributed by atoms with E-state index < -0.39 is 0 Å². The second kappa shape index (κ2) is 9.72. The number of aryl methyl sites for hydroxylation is 1. The molecule has 0 saturated carbocycles. The predicted molar refractivity (Wildman–Crippen MR) is 101 cm³/mol. The molecular formula is C21H30N2O3. The highest BCUT2D eigenvalue weighted by atomic mass is 16.5. The molecule has 5 nitrogen and oxygen atoms in total. The van der Waals surface area contributed by atoms with Gasteiger partial charge in [-0.05, 0) is 31.2 Å². The predicted octanol–water partition coefficient (Wildman–Crippen LogP) is 2.64. The highest BCUT2D eigenvalue weighted by Crippen LogP contribution is 2.15. The average Bonchev–Trinajstić information content (AvgIpc) is 2.89. The van der Waals surface area contributed by atoms with Crippen LogP contribution < -0.4 is 0 Å². The minimum absolute atomic E-state index is 0.104. The Kier molecular flexibility index (Phi) is 7.06. The van der Waals surface area contributed by atoms with Crippen molar-refractivity contribution in [3.05, 3.63) is 35.9 Å². The lowest BCUT2D eigenvalue weighted by molar-refractivity contribution is -0.140. The van der Waals surface area contributed by atoms with Crippen LogP contribution in [0.2, 0.25) is 0 Å². The Morgan fingerprint density at radius 2 is 1.96 bits per heavy atom. The van der Waals surface area contributed by atoms with Gasteiger partial charge in [0, 0.05) is 39.0 Å². The molecule has 2 heterocycles. The highest BCUT2D eigenvalue weighted by molar-refractivity contribution is 5.79. The van der Waals surface area contributed by atoms with Gasteiger partial charge < -0.3 is 14.5 Å². The summed E-state index contributed by atoms with van der Waals surface area (Å²) in [5.41, 5.74) is 1.30. The second-order valence-electron chi connectivity index (χ2n) is 7.30. The molecule has 2 amide bonds. The molecular weight excluding hydrogens is 328 g/mol. The summed E-state index contributed by atoms with van der Waals surface area (Å²) in [5.74, 6) is 0.355. The molecule has 26 heavy (non-hydrogen) atoms. The molecule has 0 bridgehead atoms. The summed E-state index contributed by atoms with van der Waals surface area (Å²) in [6.45, 7) is 3.29. The first kappa shape index (κ1) is 18.9. The minimum Gasteiger partial charge on any atom is -0.375 e. The van der Waals surface area contributed by atoms with Crippen molar-refractivity contribution in [1.29, 1.82) is 0 Å². The Morgan fingerprint density at radius 3 is 2.81 bits per heavy atom. The molecule has 2 fully saturated rings. The van der Waals surface area contributed by atoms with E-state index in [4.69, 9.17) is 4.74 Å². The van der Waals surface area contributed by atoms with Gasteiger partial charge in [0.25, 0.3) is 0 Å². The second-order valence-corrected chi connectivity index (χ2v) is 7.30. The molecule has 1 atom stereocenters. The van der Waals surface area contributed by atoms with E-state index in [0.29, 0.717) is 39.1 Å². The molecule has 0 aromatic heterocycles. The SMILES string of the molecule is O=C1CCCCCN1CCC(=O)N1CCO[C@H](CCc2ccccc2)C1. The molecule has 0 spiro atoms. The fourth-order valence-corrected chi connectivity index (χ4v) is 3.76. The van der Waals surface area contributed by atoms with E-state index in [1.165, 1.54) is 5.56 Å². The number of hydrogen-bond donors (Lipinski definition) is 0. The number of likely N-dealkylation sites (tertiary alicyclic amines) is 1. The topological polar surface area (TPSA) is 49.9 Å². The monoisotopic (exact) mass is 358 g/mol. The Hall–Kier alpha value is -1.88.